The molecule has 2 heterocycles. The summed E-state index contributed by atoms with van der Waals surface area (Å²) in [5, 5.41) is 3.44. The number of hydrogen-bond donors (Lipinski definition) is 0. The van der Waals surface area contributed by atoms with E-state index in [2.05, 4.69) is 96.1 Å². The molecule has 0 N–H and O–H groups in total. The molecule has 6 heteroatoms. The van der Waals surface area contributed by atoms with Crippen LogP contribution in [0.25, 0.3) is 16.3 Å². The summed E-state index contributed by atoms with van der Waals surface area (Å²) in [6.45, 7) is 6.32. The molecule has 0 spiro atoms. The zero-order valence-corrected chi connectivity index (χ0v) is 23.3. The van der Waals surface area contributed by atoms with Gasteiger partial charge in [-0.25, -0.2) is 0 Å². The van der Waals surface area contributed by atoms with Gasteiger partial charge in [-0.15, -0.1) is 0 Å². The predicted octanol–water partition coefficient (Wildman–Crippen LogP) is 4.91. The fraction of sp³-hybridized carbons (Fsp3) is 0.222. The van der Waals surface area contributed by atoms with Gasteiger partial charge in [0.15, 0.2) is 0 Å². The first-order chi connectivity index (χ1) is 15.7. The molecule has 33 heavy (non-hydrogen) atoms. The van der Waals surface area contributed by atoms with Gasteiger partial charge in [0.05, 0.1) is 10.7 Å². The van der Waals surface area contributed by atoms with Crippen LogP contribution >= 0.6 is 34.7 Å². The minimum atomic E-state index is 0. The van der Waals surface area contributed by atoms with Gasteiger partial charge in [-0.3, -0.25) is 0 Å². The SMILES string of the molecule is CCN1/C(=C\C=C2/CCC(/C=C/c3sc4ccccc4[n+]3CC)=C2Cl)Sc2ccccc21.[I-]. The molecule has 5 rings (SSSR count). The smallest absolute Gasteiger partial charge is 0.262 e. The van der Waals surface area contributed by atoms with Gasteiger partial charge in [0.25, 0.3) is 5.01 Å². The van der Waals surface area contributed by atoms with Crippen molar-refractivity contribution in [3.05, 3.63) is 93.0 Å². The lowest BCUT2D eigenvalue weighted by Gasteiger charge is -2.17. The first kappa shape index (κ1) is 24.6. The van der Waals surface area contributed by atoms with Crippen LogP contribution in [0.2, 0.25) is 0 Å². The Morgan fingerprint density at radius 1 is 1.00 bits per heavy atom. The first-order valence-electron chi connectivity index (χ1n) is 11.1. The van der Waals surface area contributed by atoms with Crippen molar-refractivity contribution in [2.24, 2.45) is 0 Å². The number of thioether (sulfide) groups is 1. The van der Waals surface area contributed by atoms with Crippen molar-refractivity contribution < 1.29 is 28.5 Å². The van der Waals surface area contributed by atoms with Crippen LogP contribution in [0.15, 0.2) is 92.9 Å². The van der Waals surface area contributed by atoms with Gasteiger partial charge >= 0.3 is 0 Å². The third-order valence-electron chi connectivity index (χ3n) is 5.99. The summed E-state index contributed by atoms with van der Waals surface area (Å²) in [5.74, 6) is 0. The van der Waals surface area contributed by atoms with E-state index in [0.29, 0.717) is 0 Å². The zero-order valence-electron chi connectivity index (χ0n) is 18.7. The summed E-state index contributed by atoms with van der Waals surface area (Å²) in [5.41, 5.74) is 5.06. The maximum Gasteiger partial charge on any atom is 0.262 e. The summed E-state index contributed by atoms with van der Waals surface area (Å²) in [6.07, 6.45) is 10.9. The topological polar surface area (TPSA) is 7.12 Å². The van der Waals surface area contributed by atoms with E-state index in [1.807, 2.05) is 23.1 Å². The number of anilines is 1. The minimum absolute atomic E-state index is 0. The van der Waals surface area contributed by atoms with Gasteiger partial charge in [0.1, 0.15) is 11.2 Å². The van der Waals surface area contributed by atoms with Crippen molar-refractivity contribution in [2.75, 3.05) is 11.4 Å². The molecule has 0 amide bonds. The van der Waals surface area contributed by atoms with Crippen LogP contribution in [0.5, 0.6) is 0 Å². The molecule has 2 aliphatic rings. The molecule has 0 saturated heterocycles. The summed E-state index contributed by atoms with van der Waals surface area (Å²) >= 11 is 10.5. The van der Waals surface area contributed by atoms with Gasteiger partial charge in [0, 0.05) is 28.6 Å². The monoisotopic (exact) mass is 604 g/mol. The molecule has 170 valence electrons. The molecular weight excluding hydrogens is 579 g/mol. The van der Waals surface area contributed by atoms with Gasteiger partial charge in [0.2, 0.25) is 5.52 Å². The Labute approximate surface area is 226 Å². The van der Waals surface area contributed by atoms with Crippen molar-refractivity contribution in [1.29, 1.82) is 0 Å². The van der Waals surface area contributed by atoms with Gasteiger partial charge in [-0.1, -0.05) is 71.1 Å². The molecule has 0 unspecified atom stereocenters. The summed E-state index contributed by atoms with van der Waals surface area (Å²) in [6, 6.07) is 17.2. The van der Waals surface area contributed by atoms with Crippen LogP contribution in [-0.2, 0) is 6.54 Å². The summed E-state index contributed by atoms with van der Waals surface area (Å²) < 4.78 is 3.69. The molecule has 1 aliphatic carbocycles. The van der Waals surface area contributed by atoms with Crippen LogP contribution in [0.3, 0.4) is 0 Å². The largest absolute Gasteiger partial charge is 1.00 e. The molecule has 0 saturated carbocycles. The quantitative estimate of drug-likeness (QED) is 0.302. The number of aromatic nitrogens is 1. The number of benzene rings is 2. The average molecular weight is 605 g/mol. The van der Waals surface area contributed by atoms with E-state index in [0.717, 1.165) is 31.0 Å². The van der Waals surface area contributed by atoms with E-state index in [1.165, 1.54) is 42.0 Å². The zero-order chi connectivity index (χ0) is 22.1. The van der Waals surface area contributed by atoms with E-state index in [1.54, 1.807) is 0 Å². The highest BCUT2D eigenvalue weighted by Gasteiger charge is 2.23. The third kappa shape index (κ3) is 4.83. The van der Waals surface area contributed by atoms with E-state index >= 15 is 0 Å². The average Bonchev–Trinajstić information content (AvgIpc) is 3.48. The molecule has 0 fully saturated rings. The predicted molar refractivity (Wildman–Crippen MR) is 140 cm³/mol. The molecule has 3 aromatic rings. The lowest BCUT2D eigenvalue weighted by atomic mass is 10.2. The Balaban J connectivity index is 0.00000259. The van der Waals surface area contributed by atoms with Crippen molar-refractivity contribution in [3.63, 3.8) is 0 Å². The Morgan fingerprint density at radius 3 is 2.61 bits per heavy atom. The molecule has 1 aromatic heterocycles. The Kier molecular flexibility index (Phi) is 8.05. The number of hydrogen-bond acceptors (Lipinski definition) is 3. The summed E-state index contributed by atoms with van der Waals surface area (Å²) in [4.78, 5) is 3.69. The highest BCUT2D eigenvalue weighted by Crippen LogP contribution is 2.46. The van der Waals surface area contributed by atoms with E-state index in [-0.39, 0.29) is 24.0 Å². The third-order valence-corrected chi connectivity index (χ3v) is 8.73. The second-order valence-corrected chi connectivity index (χ2v) is 10.3. The van der Waals surface area contributed by atoms with Crippen molar-refractivity contribution in [3.8, 4) is 0 Å². The molecule has 0 atom stereocenters. The number of halogens is 2. The number of thiazole rings is 1. The fourth-order valence-corrected chi connectivity index (χ4v) is 6.93. The first-order valence-corrected chi connectivity index (χ1v) is 13.1. The van der Waals surface area contributed by atoms with Crippen LogP contribution in [0, 0.1) is 0 Å². The van der Waals surface area contributed by atoms with Crippen molar-refractivity contribution in [1.82, 2.24) is 0 Å². The number of fused-ring (bicyclic) bond motifs is 2. The number of rotatable bonds is 5. The second-order valence-electron chi connectivity index (χ2n) is 7.84. The van der Waals surface area contributed by atoms with E-state index < -0.39 is 0 Å². The maximum absolute atomic E-state index is 6.81. The number of nitrogens with zero attached hydrogens (tertiary/aromatic N) is 2. The van der Waals surface area contributed by atoms with Gasteiger partial charge in [-0.05, 0) is 62.1 Å². The lowest BCUT2D eigenvalue weighted by molar-refractivity contribution is -0.665. The van der Waals surface area contributed by atoms with E-state index in [4.69, 9.17) is 11.6 Å². The Bertz CT molecular complexity index is 1300. The van der Waals surface area contributed by atoms with Crippen LogP contribution < -0.4 is 33.4 Å². The normalized spacial score (nSPS) is 18.2. The highest BCUT2D eigenvalue weighted by atomic mass is 127. The van der Waals surface area contributed by atoms with Crippen LogP contribution in [0.4, 0.5) is 5.69 Å². The van der Waals surface area contributed by atoms with Crippen molar-refractivity contribution >= 4 is 56.7 Å². The molecule has 0 bridgehead atoms. The molecule has 0 radical (unpaired) electrons. The number of allylic oxidation sites excluding steroid dienone is 6. The minimum Gasteiger partial charge on any atom is -1.00 e. The van der Waals surface area contributed by atoms with Crippen molar-refractivity contribution in [2.45, 2.75) is 38.1 Å². The van der Waals surface area contributed by atoms with E-state index in [9.17, 15) is 0 Å². The Hall–Kier alpha value is -1.54. The fourth-order valence-electron chi connectivity index (χ4n) is 4.36. The van der Waals surface area contributed by atoms with Crippen LogP contribution in [0.1, 0.15) is 31.7 Å². The van der Waals surface area contributed by atoms with Crippen LogP contribution in [-0.4, -0.2) is 6.54 Å². The molecule has 2 nitrogen and oxygen atoms in total. The standard InChI is InChI=1S/C27H26ClN2S2.HI/c1-3-29-21-9-5-7-11-23(21)31-25(29)17-15-19-13-14-20(27(19)28)16-18-26-30(4-2)22-10-6-8-12-24(22)32-26;/h5-12,15-18H,3-4,13-14H2,1-2H3;1H/q+1;/p-1. The molecule has 2 aromatic carbocycles. The highest BCUT2D eigenvalue weighted by molar-refractivity contribution is 8.03. The lowest BCUT2D eigenvalue weighted by Crippen LogP contribution is -3.00. The second kappa shape index (κ2) is 10.8. The number of aryl methyl sites for hydroxylation is 1. The molecular formula is C27H26ClIN2S2. The Morgan fingerprint density at radius 2 is 1.79 bits per heavy atom. The van der Waals surface area contributed by atoms with Gasteiger partial charge < -0.3 is 28.9 Å². The van der Waals surface area contributed by atoms with Gasteiger partial charge in [-0.2, -0.15) is 4.57 Å². The molecule has 1 aliphatic heterocycles. The maximum atomic E-state index is 6.81. The number of para-hydroxylation sites is 2. The summed E-state index contributed by atoms with van der Waals surface area (Å²) in [7, 11) is 0.